The Morgan fingerprint density at radius 2 is 1.45 bits per heavy atom. The summed E-state index contributed by atoms with van der Waals surface area (Å²) in [5.41, 5.74) is 5.92. The largest absolute Gasteiger partial charge is 0.508 e. The number of hydrogen-bond acceptors (Lipinski definition) is 4. The fourth-order valence-electron chi connectivity index (χ4n) is 4.25. The number of phenolic OH excluding ortho intramolecular Hbond substituents is 1. The van der Waals surface area contributed by atoms with Crippen molar-refractivity contribution >= 4 is 23.6 Å². The van der Waals surface area contributed by atoms with E-state index in [0.29, 0.717) is 6.61 Å². The highest BCUT2D eigenvalue weighted by Gasteiger charge is 2.14. The van der Waals surface area contributed by atoms with Crippen molar-refractivity contribution in [3.63, 3.8) is 0 Å². The summed E-state index contributed by atoms with van der Waals surface area (Å²) in [6, 6.07) is 26.4. The minimum Gasteiger partial charge on any atom is -0.508 e. The number of ether oxygens (including phenoxy) is 1. The van der Waals surface area contributed by atoms with Crippen molar-refractivity contribution in [3.05, 3.63) is 95.6 Å². The number of aromatic hydroxyl groups is 1. The van der Waals surface area contributed by atoms with E-state index >= 15 is 0 Å². The van der Waals surface area contributed by atoms with E-state index in [1.54, 1.807) is 12.1 Å². The highest BCUT2D eigenvalue weighted by atomic mass is 35.5. The van der Waals surface area contributed by atoms with Crippen molar-refractivity contribution in [1.82, 2.24) is 10.2 Å². The Morgan fingerprint density at radius 3 is 2.06 bits per heavy atom. The van der Waals surface area contributed by atoms with Gasteiger partial charge in [-0.2, -0.15) is 0 Å². The fourth-order valence-corrected chi connectivity index (χ4v) is 4.25. The number of nitrogens with zero attached hydrogens (tertiary/aromatic N) is 1. The van der Waals surface area contributed by atoms with E-state index in [4.69, 9.17) is 4.74 Å². The predicted octanol–water partition coefficient (Wildman–Crippen LogP) is 5.47. The SMILES string of the molecule is CC/C(=C(\c1ccc(O)cc1)c1ccc(OCCN2CCNCC2)cc1)c1ccccc1.Cl. The van der Waals surface area contributed by atoms with Gasteiger partial charge in [0, 0.05) is 32.7 Å². The van der Waals surface area contributed by atoms with Crippen LogP contribution in [0.15, 0.2) is 78.9 Å². The van der Waals surface area contributed by atoms with Gasteiger partial charge < -0.3 is 15.2 Å². The van der Waals surface area contributed by atoms with E-state index in [1.807, 2.05) is 18.2 Å². The third-order valence-corrected chi connectivity index (χ3v) is 5.96. The molecule has 174 valence electrons. The molecule has 0 saturated carbocycles. The third kappa shape index (κ3) is 6.61. The molecule has 3 aromatic rings. The molecular weight excluding hydrogens is 432 g/mol. The molecule has 0 spiro atoms. The summed E-state index contributed by atoms with van der Waals surface area (Å²) in [5, 5.41) is 13.2. The van der Waals surface area contributed by atoms with Crippen LogP contribution in [0.25, 0.3) is 11.1 Å². The monoisotopic (exact) mass is 464 g/mol. The zero-order chi connectivity index (χ0) is 22.2. The molecule has 33 heavy (non-hydrogen) atoms. The van der Waals surface area contributed by atoms with E-state index in [1.165, 1.54) is 16.7 Å². The van der Waals surface area contributed by atoms with Crippen LogP contribution in [0.2, 0.25) is 0 Å². The number of allylic oxidation sites excluding steroid dienone is 1. The molecule has 1 heterocycles. The van der Waals surface area contributed by atoms with Gasteiger partial charge in [-0.05, 0) is 58.5 Å². The highest BCUT2D eigenvalue weighted by molar-refractivity contribution is 5.98. The van der Waals surface area contributed by atoms with Gasteiger partial charge in [-0.25, -0.2) is 0 Å². The molecule has 1 saturated heterocycles. The minimum absolute atomic E-state index is 0. The zero-order valence-corrected chi connectivity index (χ0v) is 20.0. The summed E-state index contributed by atoms with van der Waals surface area (Å²) < 4.78 is 6.03. The Hall–Kier alpha value is -2.79. The average Bonchev–Trinajstić information content (AvgIpc) is 2.85. The molecule has 0 radical (unpaired) electrons. The molecule has 1 aliphatic heterocycles. The second kappa shape index (κ2) is 12.4. The third-order valence-electron chi connectivity index (χ3n) is 5.96. The standard InChI is InChI=1S/C28H32N2O2.ClH/c1-2-27(22-6-4-3-5-7-22)28(23-8-12-25(31)13-9-23)24-10-14-26(15-11-24)32-21-20-30-18-16-29-17-19-30;/h3-15,29,31H,2,16-21H2,1H3;1H/b28-27-;. The van der Waals surface area contributed by atoms with Crippen LogP contribution in [0.5, 0.6) is 11.5 Å². The Kier molecular flexibility index (Phi) is 9.37. The van der Waals surface area contributed by atoms with Gasteiger partial charge in [0.25, 0.3) is 0 Å². The number of hydrogen-bond donors (Lipinski definition) is 2. The van der Waals surface area contributed by atoms with Crippen LogP contribution < -0.4 is 10.1 Å². The number of halogens is 1. The summed E-state index contributed by atoms with van der Waals surface area (Å²) >= 11 is 0. The maximum Gasteiger partial charge on any atom is 0.119 e. The van der Waals surface area contributed by atoms with Crippen molar-refractivity contribution < 1.29 is 9.84 Å². The predicted molar refractivity (Wildman–Crippen MR) is 139 cm³/mol. The van der Waals surface area contributed by atoms with Crippen LogP contribution in [-0.4, -0.2) is 49.3 Å². The Bertz CT molecular complexity index is 1010. The lowest BCUT2D eigenvalue weighted by atomic mass is 9.88. The fraction of sp³-hybridized carbons (Fsp3) is 0.286. The molecule has 0 amide bonds. The van der Waals surface area contributed by atoms with Gasteiger partial charge in [0.15, 0.2) is 0 Å². The first-order chi connectivity index (χ1) is 15.7. The molecule has 2 N–H and O–H groups in total. The van der Waals surface area contributed by atoms with Crippen LogP contribution in [0.3, 0.4) is 0 Å². The maximum absolute atomic E-state index is 9.80. The normalized spacial score (nSPS) is 14.8. The summed E-state index contributed by atoms with van der Waals surface area (Å²) in [6.45, 7) is 8.13. The first-order valence-electron chi connectivity index (χ1n) is 11.5. The topological polar surface area (TPSA) is 44.7 Å². The lowest BCUT2D eigenvalue weighted by Crippen LogP contribution is -2.44. The van der Waals surface area contributed by atoms with E-state index in [-0.39, 0.29) is 18.2 Å². The Balaban J connectivity index is 0.00000306. The second-order valence-corrected chi connectivity index (χ2v) is 8.08. The first-order valence-corrected chi connectivity index (χ1v) is 11.5. The number of piperazine rings is 1. The molecule has 1 aliphatic rings. The quantitative estimate of drug-likeness (QED) is 0.434. The summed E-state index contributed by atoms with van der Waals surface area (Å²) in [4.78, 5) is 2.43. The van der Waals surface area contributed by atoms with Crippen molar-refractivity contribution in [2.45, 2.75) is 13.3 Å². The summed E-state index contributed by atoms with van der Waals surface area (Å²) in [7, 11) is 0. The molecule has 0 bridgehead atoms. The molecule has 0 aliphatic carbocycles. The molecule has 1 fully saturated rings. The molecule has 3 aromatic carbocycles. The zero-order valence-electron chi connectivity index (χ0n) is 19.2. The first kappa shape index (κ1) is 24.8. The smallest absolute Gasteiger partial charge is 0.119 e. The Morgan fingerprint density at radius 1 is 0.848 bits per heavy atom. The van der Waals surface area contributed by atoms with E-state index in [2.05, 4.69) is 65.7 Å². The highest BCUT2D eigenvalue weighted by Crippen LogP contribution is 2.35. The van der Waals surface area contributed by atoms with Gasteiger partial charge in [-0.1, -0.05) is 61.5 Å². The van der Waals surface area contributed by atoms with Crippen LogP contribution in [-0.2, 0) is 0 Å². The molecule has 4 nitrogen and oxygen atoms in total. The van der Waals surface area contributed by atoms with Gasteiger partial charge in [0.1, 0.15) is 18.1 Å². The molecule has 0 aromatic heterocycles. The lowest BCUT2D eigenvalue weighted by molar-refractivity contribution is 0.191. The van der Waals surface area contributed by atoms with Gasteiger partial charge in [-0.15, -0.1) is 12.4 Å². The minimum atomic E-state index is 0. The molecule has 4 rings (SSSR count). The number of benzene rings is 3. The number of phenols is 1. The second-order valence-electron chi connectivity index (χ2n) is 8.08. The van der Waals surface area contributed by atoms with Crippen LogP contribution in [0.4, 0.5) is 0 Å². The van der Waals surface area contributed by atoms with Gasteiger partial charge in [0.2, 0.25) is 0 Å². The van der Waals surface area contributed by atoms with Crippen molar-refractivity contribution in [2.75, 3.05) is 39.3 Å². The molecule has 0 atom stereocenters. The van der Waals surface area contributed by atoms with Crippen LogP contribution in [0, 0.1) is 0 Å². The number of rotatable bonds is 8. The maximum atomic E-state index is 9.80. The van der Waals surface area contributed by atoms with Gasteiger partial charge >= 0.3 is 0 Å². The summed E-state index contributed by atoms with van der Waals surface area (Å²) in [6.07, 6.45) is 0.906. The molecule has 5 heteroatoms. The molecule has 0 unspecified atom stereocenters. The van der Waals surface area contributed by atoms with E-state index < -0.39 is 0 Å². The van der Waals surface area contributed by atoms with Gasteiger partial charge in [-0.3, -0.25) is 4.90 Å². The van der Waals surface area contributed by atoms with Gasteiger partial charge in [0.05, 0.1) is 0 Å². The van der Waals surface area contributed by atoms with Crippen molar-refractivity contribution in [2.24, 2.45) is 0 Å². The van der Waals surface area contributed by atoms with Crippen molar-refractivity contribution in [1.29, 1.82) is 0 Å². The van der Waals surface area contributed by atoms with Crippen LogP contribution in [0.1, 0.15) is 30.0 Å². The number of nitrogens with one attached hydrogen (secondary N) is 1. The lowest BCUT2D eigenvalue weighted by Gasteiger charge is -2.26. The Labute approximate surface area is 203 Å². The van der Waals surface area contributed by atoms with E-state index in [9.17, 15) is 5.11 Å². The molecular formula is C28H33ClN2O2. The summed E-state index contributed by atoms with van der Waals surface area (Å²) in [5.74, 6) is 1.17. The van der Waals surface area contributed by atoms with E-state index in [0.717, 1.165) is 56.0 Å². The average molecular weight is 465 g/mol. The van der Waals surface area contributed by atoms with Crippen molar-refractivity contribution in [3.8, 4) is 11.5 Å². The van der Waals surface area contributed by atoms with Crippen LogP contribution >= 0.6 is 12.4 Å².